The molecule has 0 saturated carbocycles. The number of carbonyl (C=O) groups excluding carboxylic acids is 1. The molecule has 0 bridgehead atoms. The number of benzene rings is 1. The number of rotatable bonds is 0. The minimum atomic E-state index is -0.217. The predicted octanol–water partition coefficient (Wildman–Crippen LogP) is 2.86. The van der Waals surface area contributed by atoms with Crippen molar-refractivity contribution in [3.63, 3.8) is 0 Å². The highest BCUT2D eigenvalue weighted by atomic mass is 35.5. The highest BCUT2D eigenvalue weighted by molar-refractivity contribution is 6.24. The lowest BCUT2D eigenvalue weighted by Gasteiger charge is -2.11. The van der Waals surface area contributed by atoms with Crippen molar-refractivity contribution in [1.82, 2.24) is 0 Å². The third-order valence-electron chi connectivity index (χ3n) is 2.25. The smallest absolute Gasteiger partial charge is 0.248 e. The van der Waals surface area contributed by atoms with Crippen molar-refractivity contribution in [1.29, 1.82) is 0 Å². The summed E-state index contributed by atoms with van der Waals surface area (Å²) in [6, 6.07) is 7.58. The lowest BCUT2D eigenvalue weighted by atomic mass is 10.1. The Bertz CT molecular complexity index is 412. The molecule has 1 N–H and O–H groups in total. The van der Waals surface area contributed by atoms with Crippen LogP contribution in [0.2, 0.25) is 0 Å². The Morgan fingerprint density at radius 1 is 1.36 bits per heavy atom. The molecule has 0 spiro atoms. The zero-order valence-corrected chi connectivity index (χ0v) is 8.51. The average Bonchev–Trinajstić information content (AvgIpc) is 2.26. The van der Waals surface area contributed by atoms with Crippen LogP contribution in [0.15, 0.2) is 35.9 Å². The second kappa shape index (κ2) is 3.46. The van der Waals surface area contributed by atoms with Crippen molar-refractivity contribution in [2.75, 3.05) is 5.32 Å². The highest BCUT2D eigenvalue weighted by Gasteiger charge is 2.19. The molecule has 1 aromatic rings. The molecule has 1 unspecified atom stereocenters. The van der Waals surface area contributed by atoms with Crippen molar-refractivity contribution >= 4 is 23.2 Å². The average molecular weight is 208 g/mol. The second-order valence-electron chi connectivity index (χ2n) is 3.33. The Labute approximate surface area is 87.6 Å². The van der Waals surface area contributed by atoms with Crippen LogP contribution in [-0.2, 0) is 4.79 Å². The number of fused-ring (bicyclic) bond motifs is 1. The summed E-state index contributed by atoms with van der Waals surface area (Å²) in [5.41, 5.74) is 2.62. The second-order valence-corrected chi connectivity index (χ2v) is 3.76. The lowest BCUT2D eigenvalue weighted by Crippen LogP contribution is -2.07. The molecule has 2 rings (SSSR count). The lowest BCUT2D eigenvalue weighted by molar-refractivity contribution is -0.111. The molecule has 1 heterocycles. The first kappa shape index (κ1) is 9.28. The minimum absolute atomic E-state index is 0.113. The van der Waals surface area contributed by atoms with Crippen LogP contribution in [0.25, 0.3) is 0 Å². The number of para-hydroxylation sites is 1. The Kier molecular flexibility index (Phi) is 2.30. The number of anilines is 1. The maximum Gasteiger partial charge on any atom is 0.248 e. The summed E-state index contributed by atoms with van der Waals surface area (Å²) in [6.45, 7) is 1.86. The van der Waals surface area contributed by atoms with E-state index in [0.29, 0.717) is 0 Å². The van der Waals surface area contributed by atoms with Gasteiger partial charge in [0, 0.05) is 11.8 Å². The fourth-order valence-corrected chi connectivity index (χ4v) is 1.78. The first-order valence-corrected chi connectivity index (χ1v) is 4.84. The van der Waals surface area contributed by atoms with E-state index in [9.17, 15) is 4.79 Å². The van der Waals surface area contributed by atoms with Crippen LogP contribution in [0.3, 0.4) is 0 Å². The van der Waals surface area contributed by atoms with Gasteiger partial charge < -0.3 is 5.32 Å². The summed E-state index contributed by atoms with van der Waals surface area (Å²) in [6.07, 6.45) is 1.54. The Morgan fingerprint density at radius 2 is 2.07 bits per heavy atom. The van der Waals surface area contributed by atoms with Gasteiger partial charge in [0.15, 0.2) is 0 Å². The third-order valence-corrected chi connectivity index (χ3v) is 2.83. The van der Waals surface area contributed by atoms with Crippen molar-refractivity contribution in [2.24, 2.45) is 0 Å². The van der Waals surface area contributed by atoms with E-state index in [-0.39, 0.29) is 11.3 Å². The van der Waals surface area contributed by atoms with Crippen LogP contribution in [-0.4, -0.2) is 5.91 Å². The summed E-state index contributed by atoms with van der Waals surface area (Å²) in [5.74, 6) is -0.113. The van der Waals surface area contributed by atoms with Gasteiger partial charge in [-0.3, -0.25) is 4.79 Å². The van der Waals surface area contributed by atoms with Gasteiger partial charge in [0.2, 0.25) is 5.91 Å². The Balaban J connectivity index is 2.55. The maximum absolute atomic E-state index is 11.4. The van der Waals surface area contributed by atoms with Crippen LogP contribution < -0.4 is 5.32 Å². The van der Waals surface area contributed by atoms with Crippen LogP contribution in [0.1, 0.15) is 17.9 Å². The number of alkyl halides is 1. The molecule has 72 valence electrons. The molecule has 1 aliphatic heterocycles. The first-order valence-electron chi connectivity index (χ1n) is 4.40. The molecular formula is C11H10ClNO. The van der Waals surface area contributed by atoms with E-state index in [0.717, 1.165) is 16.8 Å². The SMILES string of the molecule is CC1=CC(=O)Nc2ccccc2C1Cl. The van der Waals surface area contributed by atoms with Crippen LogP contribution >= 0.6 is 11.6 Å². The zero-order chi connectivity index (χ0) is 10.1. The quantitative estimate of drug-likeness (QED) is 0.652. The van der Waals surface area contributed by atoms with E-state index in [1.54, 1.807) is 0 Å². The molecule has 14 heavy (non-hydrogen) atoms. The van der Waals surface area contributed by atoms with Crippen molar-refractivity contribution in [3.8, 4) is 0 Å². The molecule has 0 aliphatic carbocycles. The molecule has 0 radical (unpaired) electrons. The highest BCUT2D eigenvalue weighted by Crippen LogP contribution is 2.35. The molecule has 0 fully saturated rings. The van der Waals surface area contributed by atoms with Gasteiger partial charge in [-0.25, -0.2) is 0 Å². The van der Waals surface area contributed by atoms with Gasteiger partial charge in [-0.15, -0.1) is 11.6 Å². The van der Waals surface area contributed by atoms with E-state index >= 15 is 0 Å². The summed E-state index contributed by atoms with van der Waals surface area (Å²) in [5, 5.41) is 2.57. The maximum atomic E-state index is 11.4. The van der Waals surface area contributed by atoms with E-state index in [4.69, 9.17) is 11.6 Å². The molecule has 0 saturated heterocycles. The van der Waals surface area contributed by atoms with Gasteiger partial charge in [0.05, 0.1) is 5.38 Å². The summed E-state index contributed by atoms with van der Waals surface area (Å²) in [4.78, 5) is 11.4. The van der Waals surface area contributed by atoms with Gasteiger partial charge in [0.25, 0.3) is 0 Å². The molecule has 1 atom stereocenters. The van der Waals surface area contributed by atoms with Gasteiger partial charge >= 0.3 is 0 Å². The molecule has 1 aliphatic rings. The number of amides is 1. The van der Waals surface area contributed by atoms with E-state index in [1.807, 2.05) is 31.2 Å². The van der Waals surface area contributed by atoms with Crippen LogP contribution in [0.4, 0.5) is 5.69 Å². The van der Waals surface area contributed by atoms with Crippen molar-refractivity contribution in [3.05, 3.63) is 41.5 Å². The number of halogens is 1. The fraction of sp³-hybridized carbons (Fsp3) is 0.182. The molecular weight excluding hydrogens is 198 g/mol. The minimum Gasteiger partial charge on any atom is -0.322 e. The topological polar surface area (TPSA) is 29.1 Å². The van der Waals surface area contributed by atoms with E-state index in [2.05, 4.69) is 5.32 Å². The summed E-state index contributed by atoms with van der Waals surface area (Å²) < 4.78 is 0. The number of allylic oxidation sites excluding steroid dienone is 1. The van der Waals surface area contributed by atoms with E-state index in [1.165, 1.54) is 6.08 Å². The number of nitrogens with one attached hydrogen (secondary N) is 1. The molecule has 1 amide bonds. The number of carbonyl (C=O) groups is 1. The first-order chi connectivity index (χ1) is 6.68. The van der Waals surface area contributed by atoms with Gasteiger partial charge in [0.1, 0.15) is 0 Å². The van der Waals surface area contributed by atoms with Crippen molar-refractivity contribution in [2.45, 2.75) is 12.3 Å². The standard InChI is InChI=1S/C11H10ClNO/c1-7-6-10(14)13-9-5-3-2-4-8(9)11(7)12/h2-6,11H,1H3,(H,13,14). The summed E-state index contributed by atoms with van der Waals surface area (Å²) >= 11 is 6.21. The van der Waals surface area contributed by atoms with Gasteiger partial charge in [-0.05, 0) is 24.1 Å². The third kappa shape index (κ3) is 1.53. The van der Waals surface area contributed by atoms with Crippen LogP contribution in [0.5, 0.6) is 0 Å². The monoisotopic (exact) mass is 207 g/mol. The van der Waals surface area contributed by atoms with Gasteiger partial charge in [-0.1, -0.05) is 18.2 Å². The van der Waals surface area contributed by atoms with Gasteiger partial charge in [-0.2, -0.15) is 0 Å². The normalized spacial score (nSPS) is 20.6. The zero-order valence-electron chi connectivity index (χ0n) is 7.75. The molecule has 1 aromatic carbocycles. The summed E-state index contributed by atoms with van der Waals surface area (Å²) in [7, 11) is 0. The largest absolute Gasteiger partial charge is 0.322 e. The number of hydrogen-bond donors (Lipinski definition) is 1. The Hall–Kier alpha value is -1.28. The molecule has 2 nitrogen and oxygen atoms in total. The van der Waals surface area contributed by atoms with Crippen LogP contribution in [0, 0.1) is 0 Å². The Morgan fingerprint density at radius 3 is 2.86 bits per heavy atom. The van der Waals surface area contributed by atoms with E-state index < -0.39 is 0 Å². The fourth-order valence-electron chi connectivity index (χ4n) is 1.53. The van der Waals surface area contributed by atoms with Crippen molar-refractivity contribution < 1.29 is 4.79 Å². The predicted molar refractivity (Wildman–Crippen MR) is 57.4 cm³/mol. The molecule has 3 heteroatoms. The molecule has 0 aromatic heterocycles. The number of hydrogen-bond acceptors (Lipinski definition) is 1.